The van der Waals surface area contributed by atoms with Gasteiger partial charge in [-0.15, -0.1) is 0 Å². The van der Waals surface area contributed by atoms with Gasteiger partial charge in [0.05, 0.1) is 0 Å². The maximum Gasteiger partial charge on any atom is 0.332 e. The Morgan fingerprint density at radius 3 is 2.36 bits per heavy atom. The summed E-state index contributed by atoms with van der Waals surface area (Å²) in [6, 6.07) is 0. The molecule has 3 rings (SSSR count). The topological polar surface area (TPSA) is 86.2 Å². The molecule has 1 saturated carbocycles. The number of imidazole rings is 1. The third kappa shape index (κ3) is 2.24. The average Bonchev–Trinajstić information content (AvgIpc) is 2.87. The van der Waals surface area contributed by atoms with Crippen molar-refractivity contribution in [2.45, 2.75) is 32.1 Å². The minimum Gasteiger partial charge on any atom is -0.306 e. The van der Waals surface area contributed by atoms with Gasteiger partial charge < -0.3 is 4.57 Å². The average molecular weight is 304 g/mol. The third-order valence-electron chi connectivity index (χ3n) is 4.22. The van der Waals surface area contributed by atoms with E-state index >= 15 is 0 Å². The highest BCUT2D eigenvalue weighted by Crippen LogP contribution is 2.16. The van der Waals surface area contributed by atoms with Crippen LogP contribution in [0.3, 0.4) is 0 Å². The van der Waals surface area contributed by atoms with Crippen LogP contribution in [0.25, 0.3) is 11.2 Å². The maximum absolute atomic E-state index is 12.3. The molecule has 2 heterocycles. The lowest BCUT2D eigenvalue weighted by atomic mass is 9.99. The molecule has 0 atom stereocenters. The molecule has 0 bridgehead atoms. The molecule has 1 aliphatic rings. The minimum absolute atomic E-state index is 0.355. The van der Waals surface area contributed by atoms with Crippen LogP contribution in [0.2, 0.25) is 0 Å². The smallest absolute Gasteiger partial charge is 0.306 e. The Kier molecular flexibility index (Phi) is 3.59. The summed E-state index contributed by atoms with van der Waals surface area (Å²) in [7, 11) is 4.81. The molecule has 0 aliphatic heterocycles. The third-order valence-corrected chi connectivity index (χ3v) is 4.22. The van der Waals surface area contributed by atoms with Gasteiger partial charge in [0.15, 0.2) is 11.2 Å². The SMILES string of the molecule is Cn1c(=O)c2c(nc(NN=C3CCCCC3)n2C)n(C)c1=O. The van der Waals surface area contributed by atoms with E-state index in [4.69, 9.17) is 0 Å². The molecule has 2 aromatic rings. The molecule has 8 heteroatoms. The van der Waals surface area contributed by atoms with Gasteiger partial charge in [-0.2, -0.15) is 10.1 Å². The highest BCUT2D eigenvalue weighted by atomic mass is 16.2. The number of rotatable bonds is 2. The standard InChI is InChI=1S/C14H20N6O2/c1-18-10-11(19(2)14(22)20(3)12(10)21)15-13(18)17-16-9-7-5-4-6-8-9/h4-8H2,1-3H3,(H,15,17). The highest BCUT2D eigenvalue weighted by molar-refractivity contribution is 5.85. The second-order valence-corrected chi connectivity index (χ2v) is 5.72. The first-order chi connectivity index (χ1) is 10.5. The molecular weight excluding hydrogens is 284 g/mol. The van der Waals surface area contributed by atoms with Crippen molar-refractivity contribution in [3.05, 3.63) is 20.8 Å². The molecule has 8 nitrogen and oxygen atoms in total. The largest absolute Gasteiger partial charge is 0.332 e. The summed E-state index contributed by atoms with van der Waals surface area (Å²) in [5.74, 6) is 0.464. The summed E-state index contributed by atoms with van der Waals surface area (Å²) in [6.07, 6.45) is 5.58. The van der Waals surface area contributed by atoms with Crippen LogP contribution >= 0.6 is 0 Å². The Hall–Kier alpha value is -2.38. The Bertz CT molecular complexity index is 862. The van der Waals surface area contributed by atoms with E-state index in [1.54, 1.807) is 18.7 Å². The second kappa shape index (κ2) is 5.43. The molecule has 1 fully saturated rings. The van der Waals surface area contributed by atoms with Crippen LogP contribution in [0.15, 0.2) is 14.7 Å². The van der Waals surface area contributed by atoms with E-state index in [0.717, 1.165) is 36.0 Å². The van der Waals surface area contributed by atoms with Gasteiger partial charge in [-0.25, -0.2) is 10.2 Å². The molecule has 0 saturated heterocycles. The molecule has 0 aromatic carbocycles. The van der Waals surface area contributed by atoms with Crippen LogP contribution < -0.4 is 16.7 Å². The number of anilines is 1. The molecule has 0 radical (unpaired) electrons. The Morgan fingerprint density at radius 2 is 1.68 bits per heavy atom. The summed E-state index contributed by atoms with van der Waals surface area (Å²) >= 11 is 0. The predicted molar refractivity (Wildman–Crippen MR) is 85.3 cm³/mol. The van der Waals surface area contributed by atoms with Crippen LogP contribution in [0.4, 0.5) is 5.95 Å². The summed E-state index contributed by atoms with van der Waals surface area (Å²) < 4.78 is 4.10. The first kappa shape index (κ1) is 14.6. The van der Waals surface area contributed by atoms with Gasteiger partial charge in [0, 0.05) is 26.9 Å². The van der Waals surface area contributed by atoms with Gasteiger partial charge in [0.25, 0.3) is 5.56 Å². The lowest BCUT2D eigenvalue weighted by molar-refractivity contribution is 0.665. The highest BCUT2D eigenvalue weighted by Gasteiger charge is 2.17. The lowest BCUT2D eigenvalue weighted by Gasteiger charge is -2.12. The molecule has 2 aromatic heterocycles. The van der Waals surface area contributed by atoms with Crippen LogP contribution in [0, 0.1) is 0 Å². The van der Waals surface area contributed by atoms with Crippen molar-refractivity contribution in [2.24, 2.45) is 26.2 Å². The molecule has 0 unspecified atom stereocenters. The van der Waals surface area contributed by atoms with Crippen LogP contribution in [-0.2, 0) is 21.1 Å². The molecule has 1 aliphatic carbocycles. The fourth-order valence-corrected chi connectivity index (χ4v) is 2.82. The quantitative estimate of drug-likeness (QED) is 0.828. The van der Waals surface area contributed by atoms with Gasteiger partial charge in [0.2, 0.25) is 5.95 Å². The zero-order valence-corrected chi connectivity index (χ0v) is 13.1. The molecule has 22 heavy (non-hydrogen) atoms. The van der Waals surface area contributed by atoms with Gasteiger partial charge in [0.1, 0.15) is 0 Å². The fourth-order valence-electron chi connectivity index (χ4n) is 2.82. The number of nitrogens with one attached hydrogen (secondary N) is 1. The van der Waals surface area contributed by atoms with E-state index in [1.807, 2.05) is 0 Å². The summed E-state index contributed by atoms with van der Waals surface area (Å²) in [5, 5.41) is 4.40. The molecule has 0 amide bonds. The monoisotopic (exact) mass is 304 g/mol. The maximum atomic E-state index is 12.3. The van der Waals surface area contributed by atoms with E-state index in [2.05, 4.69) is 15.5 Å². The van der Waals surface area contributed by atoms with Crippen molar-refractivity contribution in [1.82, 2.24) is 18.7 Å². The second-order valence-electron chi connectivity index (χ2n) is 5.72. The zero-order valence-electron chi connectivity index (χ0n) is 13.1. The van der Waals surface area contributed by atoms with Crippen molar-refractivity contribution >= 4 is 22.8 Å². The molecule has 118 valence electrons. The fraction of sp³-hybridized carbons (Fsp3) is 0.571. The summed E-state index contributed by atoms with van der Waals surface area (Å²) in [6.45, 7) is 0. The molecule has 1 N–H and O–H groups in total. The van der Waals surface area contributed by atoms with Gasteiger partial charge in [-0.3, -0.25) is 13.9 Å². The van der Waals surface area contributed by atoms with Crippen LogP contribution in [-0.4, -0.2) is 24.4 Å². The first-order valence-corrected chi connectivity index (χ1v) is 7.44. The number of hydrazone groups is 1. The Labute approximate surface area is 127 Å². The number of aryl methyl sites for hydroxylation is 2. The number of hydrogen-bond donors (Lipinski definition) is 1. The number of fused-ring (bicyclic) bond motifs is 1. The Balaban J connectivity index is 2.07. The lowest BCUT2D eigenvalue weighted by Crippen LogP contribution is -2.37. The minimum atomic E-state index is -0.388. The molecular formula is C14H20N6O2. The van der Waals surface area contributed by atoms with Crippen LogP contribution in [0.1, 0.15) is 32.1 Å². The van der Waals surface area contributed by atoms with E-state index in [1.165, 1.54) is 18.0 Å². The number of hydrogen-bond acceptors (Lipinski definition) is 5. The number of nitrogens with zero attached hydrogens (tertiary/aromatic N) is 5. The van der Waals surface area contributed by atoms with E-state index in [0.29, 0.717) is 17.1 Å². The predicted octanol–water partition coefficient (Wildman–Crippen LogP) is 0.703. The van der Waals surface area contributed by atoms with Gasteiger partial charge in [-0.05, 0) is 25.7 Å². The van der Waals surface area contributed by atoms with Crippen molar-refractivity contribution in [1.29, 1.82) is 0 Å². The van der Waals surface area contributed by atoms with Crippen molar-refractivity contribution in [2.75, 3.05) is 5.43 Å². The molecule has 0 spiro atoms. The first-order valence-electron chi connectivity index (χ1n) is 7.44. The van der Waals surface area contributed by atoms with Crippen LogP contribution in [0.5, 0.6) is 0 Å². The number of aromatic nitrogens is 4. The summed E-state index contributed by atoms with van der Waals surface area (Å²) in [4.78, 5) is 28.6. The van der Waals surface area contributed by atoms with E-state index in [-0.39, 0.29) is 11.2 Å². The summed E-state index contributed by atoms with van der Waals surface area (Å²) in [5.41, 5.74) is 4.07. The Morgan fingerprint density at radius 1 is 1.00 bits per heavy atom. The zero-order chi connectivity index (χ0) is 15.9. The van der Waals surface area contributed by atoms with Gasteiger partial charge in [-0.1, -0.05) is 6.42 Å². The normalized spacial score (nSPS) is 15.3. The van der Waals surface area contributed by atoms with Crippen molar-refractivity contribution in [3.63, 3.8) is 0 Å². The van der Waals surface area contributed by atoms with E-state index in [9.17, 15) is 9.59 Å². The van der Waals surface area contributed by atoms with Crippen molar-refractivity contribution < 1.29 is 0 Å². The van der Waals surface area contributed by atoms with Crippen molar-refractivity contribution in [3.8, 4) is 0 Å². The van der Waals surface area contributed by atoms with E-state index < -0.39 is 0 Å². The van der Waals surface area contributed by atoms with Gasteiger partial charge >= 0.3 is 5.69 Å².